The second-order valence-corrected chi connectivity index (χ2v) is 5.38. The number of H-pyrrole nitrogens is 1. The number of aliphatic hydroxyl groups is 2. The molecule has 0 bridgehead atoms. The Morgan fingerprint density at radius 2 is 2.14 bits per heavy atom. The first-order chi connectivity index (χ1) is 9.73. The van der Waals surface area contributed by atoms with Gasteiger partial charge in [0, 0.05) is 12.3 Å². The Balaban J connectivity index is 2.33. The van der Waals surface area contributed by atoms with Crippen molar-refractivity contribution in [3.63, 3.8) is 0 Å². The van der Waals surface area contributed by atoms with Crippen LogP contribution in [0.25, 0.3) is 0 Å². The van der Waals surface area contributed by atoms with Gasteiger partial charge in [-0.25, -0.2) is 4.79 Å². The van der Waals surface area contributed by atoms with E-state index in [9.17, 15) is 29.0 Å². The quantitative estimate of drug-likeness (QED) is 0.466. The molecule has 1 aromatic rings. The largest absolute Gasteiger partial charge is 0.790 e. The molecule has 1 fully saturated rings. The van der Waals surface area contributed by atoms with Gasteiger partial charge in [0.15, 0.2) is 6.23 Å². The lowest BCUT2D eigenvalue weighted by atomic mass is 10.1. The Hall–Kier alpha value is -1.33. The molecule has 0 spiro atoms. The minimum Gasteiger partial charge on any atom is -0.790 e. The summed E-state index contributed by atoms with van der Waals surface area (Å²) in [6.45, 7) is -0.754. The Bertz CT molecular complexity index is 664. The monoisotopic (exact) mass is 322 g/mol. The Labute approximate surface area is 116 Å². The molecule has 21 heavy (non-hydrogen) atoms. The second kappa shape index (κ2) is 5.81. The van der Waals surface area contributed by atoms with Crippen molar-refractivity contribution in [2.24, 2.45) is 0 Å². The van der Waals surface area contributed by atoms with Crippen molar-refractivity contribution >= 4 is 7.82 Å². The van der Waals surface area contributed by atoms with Crippen LogP contribution in [0.4, 0.5) is 0 Å². The van der Waals surface area contributed by atoms with Crippen molar-refractivity contribution in [2.75, 3.05) is 6.61 Å². The van der Waals surface area contributed by atoms with Crippen molar-refractivity contribution in [1.82, 2.24) is 9.55 Å². The molecular formula is C9H11N2O9P-2. The standard InChI is InChI=1S/C9H13N2O9P/c12-3-4-7(20-21(16,17)18)6(14)8(19-4)11-2-1-5(13)10-9(11)15/h1-2,4,6-8,12,14H,3H2,(H,10,13,15)(H2,16,17,18)/p-2. The van der Waals surface area contributed by atoms with Crippen molar-refractivity contribution < 1.29 is 33.8 Å². The number of phosphoric acid groups is 1. The number of aromatic amines is 1. The average molecular weight is 322 g/mol. The molecule has 2 rings (SSSR count). The van der Waals surface area contributed by atoms with Gasteiger partial charge in [0.2, 0.25) is 0 Å². The van der Waals surface area contributed by atoms with Gasteiger partial charge in [-0.15, -0.1) is 0 Å². The summed E-state index contributed by atoms with van der Waals surface area (Å²) in [6, 6.07) is 0.978. The number of ether oxygens (including phenoxy) is 1. The molecule has 1 aliphatic rings. The molecule has 12 heteroatoms. The van der Waals surface area contributed by atoms with E-state index in [2.05, 4.69) is 4.52 Å². The molecule has 1 aromatic heterocycles. The van der Waals surface area contributed by atoms with Gasteiger partial charge < -0.3 is 33.8 Å². The van der Waals surface area contributed by atoms with Crippen LogP contribution in [0, 0.1) is 0 Å². The number of aliphatic hydroxyl groups excluding tert-OH is 2. The van der Waals surface area contributed by atoms with E-state index < -0.39 is 50.2 Å². The minimum atomic E-state index is -5.44. The van der Waals surface area contributed by atoms with E-state index in [4.69, 9.17) is 9.84 Å². The molecule has 11 nitrogen and oxygen atoms in total. The summed E-state index contributed by atoms with van der Waals surface area (Å²) < 4.78 is 20.7. The van der Waals surface area contributed by atoms with E-state index >= 15 is 0 Å². The second-order valence-electron chi connectivity index (χ2n) is 4.27. The fraction of sp³-hybridized carbons (Fsp3) is 0.556. The van der Waals surface area contributed by atoms with Crippen LogP contribution in [0.1, 0.15) is 6.23 Å². The lowest BCUT2D eigenvalue weighted by Crippen LogP contribution is -2.40. The average Bonchev–Trinajstić information content (AvgIpc) is 2.65. The van der Waals surface area contributed by atoms with Gasteiger partial charge >= 0.3 is 5.69 Å². The SMILES string of the molecule is O=c1ccn(C2OC(CO)C(OP(=O)([O-])[O-])C2O)c(=O)[nH]1. The summed E-state index contributed by atoms with van der Waals surface area (Å²) in [5, 5.41) is 19.0. The third kappa shape index (κ3) is 3.47. The molecular weight excluding hydrogens is 311 g/mol. The van der Waals surface area contributed by atoms with Crippen molar-refractivity contribution in [2.45, 2.75) is 24.5 Å². The lowest BCUT2D eigenvalue weighted by Gasteiger charge is -2.34. The van der Waals surface area contributed by atoms with E-state index in [1.54, 1.807) is 0 Å². The summed E-state index contributed by atoms with van der Waals surface area (Å²) >= 11 is 0. The van der Waals surface area contributed by atoms with Crippen molar-refractivity contribution in [3.8, 4) is 0 Å². The van der Waals surface area contributed by atoms with Gasteiger partial charge in [0.1, 0.15) is 18.3 Å². The number of hydrogen-bond acceptors (Lipinski definition) is 9. The number of nitrogens with zero attached hydrogens (tertiary/aromatic N) is 1. The maximum atomic E-state index is 11.6. The molecule has 3 N–H and O–H groups in total. The first kappa shape index (κ1) is 16.0. The fourth-order valence-electron chi connectivity index (χ4n) is 2.00. The minimum absolute atomic E-state index is 0.682. The molecule has 118 valence electrons. The molecule has 0 aliphatic carbocycles. The zero-order valence-corrected chi connectivity index (χ0v) is 11.2. The number of hydrogen-bond donors (Lipinski definition) is 3. The first-order valence-corrected chi connectivity index (χ1v) is 7.15. The number of rotatable bonds is 4. The van der Waals surface area contributed by atoms with E-state index in [0.29, 0.717) is 0 Å². The Morgan fingerprint density at radius 1 is 1.48 bits per heavy atom. The highest BCUT2D eigenvalue weighted by atomic mass is 31.2. The molecule has 4 atom stereocenters. The third-order valence-corrected chi connectivity index (χ3v) is 3.37. The molecule has 0 aromatic carbocycles. The van der Waals surface area contributed by atoms with Crippen LogP contribution >= 0.6 is 7.82 Å². The van der Waals surface area contributed by atoms with Gasteiger partial charge in [-0.1, -0.05) is 0 Å². The van der Waals surface area contributed by atoms with E-state index in [1.807, 2.05) is 4.98 Å². The summed E-state index contributed by atoms with van der Waals surface area (Å²) in [6.07, 6.45) is -5.13. The topological polar surface area (TPSA) is 177 Å². The van der Waals surface area contributed by atoms with Gasteiger partial charge in [0.25, 0.3) is 5.56 Å². The maximum absolute atomic E-state index is 11.6. The summed E-state index contributed by atoms with van der Waals surface area (Å²) in [7, 11) is -5.44. The summed E-state index contributed by atoms with van der Waals surface area (Å²) in [4.78, 5) is 45.7. The molecule has 1 aliphatic heterocycles. The van der Waals surface area contributed by atoms with E-state index in [-0.39, 0.29) is 0 Å². The lowest BCUT2D eigenvalue weighted by molar-refractivity contribution is -0.347. The van der Waals surface area contributed by atoms with Gasteiger partial charge in [-0.3, -0.25) is 14.3 Å². The number of phosphoric ester groups is 1. The fourth-order valence-corrected chi connectivity index (χ4v) is 2.56. The number of nitrogens with one attached hydrogen (secondary N) is 1. The summed E-state index contributed by atoms with van der Waals surface area (Å²) in [5.41, 5.74) is -1.60. The molecule has 2 heterocycles. The molecule has 0 radical (unpaired) electrons. The Morgan fingerprint density at radius 3 is 2.67 bits per heavy atom. The van der Waals surface area contributed by atoms with Gasteiger partial charge in [0.05, 0.1) is 14.4 Å². The van der Waals surface area contributed by atoms with Crippen LogP contribution in [0.5, 0.6) is 0 Å². The maximum Gasteiger partial charge on any atom is 0.330 e. The summed E-state index contributed by atoms with van der Waals surface area (Å²) in [5.74, 6) is 0. The van der Waals surface area contributed by atoms with Crippen molar-refractivity contribution in [1.29, 1.82) is 0 Å². The molecule has 0 saturated carbocycles. The zero-order chi connectivity index (χ0) is 15.8. The van der Waals surface area contributed by atoms with Crippen LogP contribution in [0.2, 0.25) is 0 Å². The molecule has 0 amide bonds. The molecule has 1 saturated heterocycles. The zero-order valence-electron chi connectivity index (χ0n) is 10.3. The third-order valence-electron chi connectivity index (χ3n) is 2.87. The Kier molecular flexibility index (Phi) is 4.44. The van der Waals surface area contributed by atoms with Crippen LogP contribution in [-0.2, 0) is 13.8 Å². The van der Waals surface area contributed by atoms with Crippen LogP contribution in [0.15, 0.2) is 21.9 Å². The van der Waals surface area contributed by atoms with Gasteiger partial charge in [-0.05, 0) is 0 Å². The molecule has 4 unspecified atom stereocenters. The van der Waals surface area contributed by atoms with E-state index in [1.165, 1.54) is 0 Å². The van der Waals surface area contributed by atoms with Crippen LogP contribution < -0.4 is 21.0 Å². The smallest absolute Gasteiger partial charge is 0.330 e. The highest BCUT2D eigenvalue weighted by molar-refractivity contribution is 7.43. The predicted molar refractivity (Wildman–Crippen MR) is 60.8 cm³/mol. The van der Waals surface area contributed by atoms with Crippen LogP contribution in [0.3, 0.4) is 0 Å². The van der Waals surface area contributed by atoms with Crippen LogP contribution in [-0.4, -0.2) is 44.7 Å². The predicted octanol–water partition coefficient (Wildman–Crippen LogP) is -4.00. The normalized spacial score (nSPS) is 29.7. The first-order valence-electron chi connectivity index (χ1n) is 5.69. The highest BCUT2D eigenvalue weighted by Crippen LogP contribution is 2.38. The van der Waals surface area contributed by atoms with E-state index in [0.717, 1.165) is 16.8 Å². The highest BCUT2D eigenvalue weighted by Gasteiger charge is 2.46. The number of aromatic nitrogens is 2. The van der Waals surface area contributed by atoms with Crippen molar-refractivity contribution in [3.05, 3.63) is 33.1 Å². The van der Waals surface area contributed by atoms with Gasteiger partial charge in [-0.2, -0.15) is 0 Å².